The number of rotatable bonds is 12. The van der Waals surface area contributed by atoms with Crippen LogP contribution in [-0.4, -0.2) is 80.5 Å². The van der Waals surface area contributed by atoms with Crippen LogP contribution in [0.25, 0.3) is 0 Å². The van der Waals surface area contributed by atoms with Crippen LogP contribution in [0.15, 0.2) is 52.3 Å². The van der Waals surface area contributed by atoms with Gasteiger partial charge in [-0.25, -0.2) is 31.5 Å². The molecule has 1 heterocycles. The number of aryl methyl sites for hydroxylation is 1. The second-order valence-electron chi connectivity index (χ2n) is 9.57. The second kappa shape index (κ2) is 12.7. The van der Waals surface area contributed by atoms with Crippen LogP contribution in [0.2, 0.25) is 5.02 Å². The molecular weight excluding hydrogens is 602 g/mol. The number of nitrogens with one attached hydrogen (secondary N) is 2. The number of nitrogens with zero attached hydrogens (tertiary/aromatic N) is 1. The number of benzene rings is 2. The van der Waals surface area contributed by atoms with E-state index in [0.717, 1.165) is 16.5 Å². The average molecular weight is 632 g/mol. The number of sulfonamides is 2. The Hall–Kier alpha value is -3.28. The lowest BCUT2D eigenvalue weighted by molar-refractivity contribution is -0.149. The van der Waals surface area contributed by atoms with Gasteiger partial charge in [0.25, 0.3) is 0 Å². The largest absolute Gasteiger partial charge is 0.480 e. The van der Waals surface area contributed by atoms with Crippen LogP contribution in [-0.2, 0) is 40.9 Å². The standard InChI is InChI=1S/C24H30ClN5O9S2/c1-13(28-18(23(32)33)8-7-14-5-3-2-4-6-14)22(31)30-12-15(9-19(30)24(34)35)29-41(38,39)21-11-20(40(27,36)37)16(25)10-17(21)26/h2-6,10-11,13,15,18-19,28-29H,7-9,12,26H2,1H3,(H,32,33)(H,34,35)(H2,27,36,37)/t13-,15?,18-,19?/m0/s1. The van der Waals surface area contributed by atoms with Gasteiger partial charge in [0.2, 0.25) is 26.0 Å². The summed E-state index contributed by atoms with van der Waals surface area (Å²) in [6.45, 7) is 1.03. The lowest BCUT2D eigenvalue weighted by Gasteiger charge is -2.27. The molecule has 1 aliphatic rings. The van der Waals surface area contributed by atoms with Crippen molar-refractivity contribution in [3.8, 4) is 0 Å². The Morgan fingerprint density at radius 3 is 2.29 bits per heavy atom. The van der Waals surface area contributed by atoms with Crippen LogP contribution in [0.4, 0.5) is 5.69 Å². The molecule has 2 unspecified atom stereocenters. The van der Waals surface area contributed by atoms with Crippen LogP contribution in [0.3, 0.4) is 0 Å². The summed E-state index contributed by atoms with van der Waals surface area (Å²) >= 11 is 5.84. The van der Waals surface area contributed by atoms with E-state index in [1.54, 1.807) is 0 Å². The lowest BCUT2D eigenvalue weighted by atomic mass is 10.0. The first kappa shape index (κ1) is 32.2. The summed E-state index contributed by atoms with van der Waals surface area (Å²) in [5.41, 5.74) is 6.28. The van der Waals surface area contributed by atoms with E-state index < -0.39 is 76.9 Å². The number of hydrogen-bond donors (Lipinski definition) is 6. The van der Waals surface area contributed by atoms with E-state index in [-0.39, 0.29) is 25.1 Å². The third-order valence-electron chi connectivity index (χ3n) is 6.54. The highest BCUT2D eigenvalue weighted by molar-refractivity contribution is 7.90. The molecule has 4 atom stereocenters. The average Bonchev–Trinajstić information content (AvgIpc) is 3.28. The number of carbonyl (C=O) groups is 3. The van der Waals surface area contributed by atoms with Crippen molar-refractivity contribution in [1.82, 2.24) is 14.9 Å². The molecule has 0 saturated carbocycles. The molecule has 1 aliphatic heterocycles. The van der Waals surface area contributed by atoms with Crippen molar-refractivity contribution in [3.63, 3.8) is 0 Å². The molecule has 8 N–H and O–H groups in total. The Morgan fingerprint density at radius 2 is 1.73 bits per heavy atom. The fraction of sp³-hybridized carbons (Fsp3) is 0.375. The van der Waals surface area contributed by atoms with Crippen LogP contribution in [0.5, 0.6) is 0 Å². The van der Waals surface area contributed by atoms with Crippen molar-refractivity contribution in [2.24, 2.45) is 5.14 Å². The van der Waals surface area contributed by atoms with Gasteiger partial charge in [0, 0.05) is 12.6 Å². The summed E-state index contributed by atoms with van der Waals surface area (Å²) < 4.78 is 52.1. The van der Waals surface area contributed by atoms with Gasteiger partial charge in [-0.2, -0.15) is 0 Å². The first-order chi connectivity index (χ1) is 19.0. The zero-order valence-corrected chi connectivity index (χ0v) is 24.1. The minimum absolute atomic E-state index is 0.158. The Morgan fingerprint density at radius 1 is 1.10 bits per heavy atom. The normalized spacial score (nSPS) is 19.0. The summed E-state index contributed by atoms with van der Waals surface area (Å²) in [6.07, 6.45) is 0.252. The first-order valence-corrected chi connectivity index (χ1v) is 15.6. The third kappa shape index (κ3) is 7.93. The molecular formula is C24H30ClN5O9S2. The fourth-order valence-corrected chi connectivity index (χ4v) is 7.10. The van der Waals surface area contributed by atoms with Crippen molar-refractivity contribution in [2.75, 3.05) is 12.3 Å². The zero-order chi connectivity index (χ0) is 30.7. The summed E-state index contributed by atoms with van der Waals surface area (Å²) in [5.74, 6) is -3.33. The maximum absolute atomic E-state index is 13.2. The highest BCUT2D eigenvalue weighted by atomic mass is 35.5. The SMILES string of the molecule is C[C@H](N[C@@H](CCc1ccccc1)C(=O)O)C(=O)N1CC(NS(=O)(=O)c2cc(S(N)(=O)=O)c(Cl)cc2N)CC1C(=O)O. The van der Waals surface area contributed by atoms with Gasteiger partial charge in [-0.3, -0.25) is 14.9 Å². The second-order valence-corrected chi connectivity index (χ2v) is 13.2. The van der Waals surface area contributed by atoms with Crippen LogP contribution < -0.4 is 20.9 Å². The molecule has 0 bridgehead atoms. The predicted octanol–water partition coefficient (Wildman–Crippen LogP) is -0.0339. The van der Waals surface area contributed by atoms with E-state index in [0.29, 0.717) is 12.5 Å². The number of nitrogen functional groups attached to an aromatic ring is 1. The monoisotopic (exact) mass is 631 g/mol. The number of halogens is 1. The zero-order valence-electron chi connectivity index (χ0n) is 21.7. The number of carboxylic acids is 2. The van der Waals surface area contributed by atoms with Gasteiger partial charge >= 0.3 is 11.9 Å². The lowest BCUT2D eigenvalue weighted by Crippen LogP contribution is -2.53. The van der Waals surface area contributed by atoms with Crippen molar-refractivity contribution in [2.45, 2.75) is 60.1 Å². The number of primary sulfonamides is 1. The molecule has 1 amide bonds. The molecule has 0 aliphatic carbocycles. The molecule has 0 radical (unpaired) electrons. The number of nitrogens with two attached hydrogens (primary N) is 2. The Kier molecular flexibility index (Phi) is 9.99. The Labute approximate surface area is 241 Å². The van der Waals surface area contributed by atoms with Gasteiger partial charge < -0.3 is 20.8 Å². The minimum Gasteiger partial charge on any atom is -0.480 e. The van der Waals surface area contributed by atoms with Gasteiger partial charge in [0.1, 0.15) is 21.9 Å². The number of amides is 1. The Bertz CT molecular complexity index is 1540. The molecule has 41 heavy (non-hydrogen) atoms. The van der Waals surface area contributed by atoms with E-state index in [1.807, 2.05) is 30.3 Å². The Balaban J connectivity index is 1.76. The fourth-order valence-electron chi connectivity index (χ4n) is 4.54. The summed E-state index contributed by atoms with van der Waals surface area (Å²) in [5, 5.41) is 26.8. The van der Waals surface area contributed by atoms with Gasteiger partial charge in [-0.15, -0.1) is 0 Å². The number of aliphatic carboxylic acids is 2. The van der Waals surface area contributed by atoms with Crippen molar-refractivity contribution in [3.05, 3.63) is 53.1 Å². The molecule has 14 nitrogen and oxygen atoms in total. The van der Waals surface area contributed by atoms with Gasteiger partial charge in [-0.05, 0) is 43.9 Å². The molecule has 1 fully saturated rings. The molecule has 0 aromatic heterocycles. The van der Waals surface area contributed by atoms with Crippen molar-refractivity contribution < 1.29 is 41.4 Å². The summed E-state index contributed by atoms with van der Waals surface area (Å²) in [4.78, 5) is 36.6. The quantitative estimate of drug-likeness (QED) is 0.170. The number of hydrogen-bond acceptors (Lipinski definition) is 9. The highest BCUT2D eigenvalue weighted by Crippen LogP contribution is 2.30. The van der Waals surface area contributed by atoms with E-state index in [4.69, 9.17) is 22.5 Å². The molecule has 0 spiro atoms. The van der Waals surface area contributed by atoms with E-state index in [1.165, 1.54) is 6.92 Å². The number of carboxylic acid groups (broad SMARTS) is 2. The number of likely N-dealkylation sites (tertiary alicyclic amines) is 1. The van der Waals surface area contributed by atoms with Gasteiger partial charge in [0.05, 0.1) is 16.8 Å². The molecule has 17 heteroatoms. The molecule has 2 aromatic rings. The topological polar surface area (TPSA) is 239 Å². The molecule has 3 rings (SSSR count). The van der Waals surface area contributed by atoms with Gasteiger partial charge in [-0.1, -0.05) is 41.9 Å². The maximum atomic E-state index is 13.2. The summed E-state index contributed by atoms with van der Waals surface area (Å²) in [6, 6.07) is 5.97. The van der Waals surface area contributed by atoms with E-state index >= 15 is 0 Å². The summed E-state index contributed by atoms with van der Waals surface area (Å²) in [7, 11) is -8.94. The van der Waals surface area contributed by atoms with E-state index in [2.05, 4.69) is 10.0 Å². The third-order valence-corrected chi connectivity index (χ3v) is 9.49. The van der Waals surface area contributed by atoms with Crippen LogP contribution in [0, 0.1) is 0 Å². The van der Waals surface area contributed by atoms with Crippen molar-refractivity contribution >= 4 is 55.2 Å². The molecule has 1 saturated heterocycles. The molecule has 2 aromatic carbocycles. The van der Waals surface area contributed by atoms with Crippen molar-refractivity contribution in [1.29, 1.82) is 0 Å². The van der Waals surface area contributed by atoms with Gasteiger partial charge in [0.15, 0.2) is 0 Å². The first-order valence-electron chi connectivity index (χ1n) is 12.2. The number of carbonyl (C=O) groups excluding carboxylic acids is 1. The van der Waals surface area contributed by atoms with Crippen LogP contribution >= 0.6 is 11.6 Å². The minimum atomic E-state index is -4.53. The maximum Gasteiger partial charge on any atom is 0.326 e. The smallest absolute Gasteiger partial charge is 0.326 e. The highest BCUT2D eigenvalue weighted by Gasteiger charge is 2.43. The predicted molar refractivity (Wildman–Crippen MR) is 148 cm³/mol. The molecule has 224 valence electrons. The van der Waals surface area contributed by atoms with E-state index in [9.17, 15) is 41.4 Å². The van der Waals surface area contributed by atoms with Crippen LogP contribution in [0.1, 0.15) is 25.3 Å². The number of anilines is 1.